The molecule has 1 aliphatic heterocycles. The van der Waals surface area contributed by atoms with Crippen LogP contribution < -0.4 is 5.56 Å². The summed E-state index contributed by atoms with van der Waals surface area (Å²) in [5.74, 6) is -0.572. The van der Waals surface area contributed by atoms with E-state index in [0.29, 0.717) is 11.2 Å². The first-order valence-electron chi connectivity index (χ1n) is 4.38. The van der Waals surface area contributed by atoms with E-state index in [-0.39, 0.29) is 5.56 Å². The molecule has 0 fully saturated rings. The van der Waals surface area contributed by atoms with E-state index in [1.807, 2.05) is 6.07 Å². The number of aromatic amines is 1. The summed E-state index contributed by atoms with van der Waals surface area (Å²) in [6.45, 7) is 0. The maximum Gasteiger partial charge on any atom is 0.303 e. The fourth-order valence-electron chi connectivity index (χ4n) is 1.67. The zero-order chi connectivity index (χ0) is 10.4. The lowest BCUT2D eigenvalue weighted by atomic mass is 10.1. The number of carbonyl (C=O) groups excluding carboxylic acids is 1. The van der Waals surface area contributed by atoms with Crippen molar-refractivity contribution < 1.29 is 4.79 Å². The molecule has 0 radical (unpaired) electrons. The van der Waals surface area contributed by atoms with Crippen molar-refractivity contribution in [3.8, 4) is 0 Å². The van der Waals surface area contributed by atoms with Crippen LogP contribution in [0.2, 0.25) is 0 Å². The van der Waals surface area contributed by atoms with E-state index in [1.54, 1.807) is 18.2 Å². The molecule has 0 bridgehead atoms. The number of amides is 1. The second-order valence-corrected chi connectivity index (χ2v) is 3.23. The van der Waals surface area contributed by atoms with Crippen molar-refractivity contribution in [3.63, 3.8) is 0 Å². The van der Waals surface area contributed by atoms with E-state index in [2.05, 4.69) is 15.2 Å². The van der Waals surface area contributed by atoms with E-state index >= 15 is 0 Å². The Morgan fingerprint density at radius 3 is 2.73 bits per heavy atom. The van der Waals surface area contributed by atoms with Crippen molar-refractivity contribution in [3.05, 3.63) is 40.2 Å². The van der Waals surface area contributed by atoms with Gasteiger partial charge in [-0.2, -0.15) is 0 Å². The quantitative estimate of drug-likeness (QED) is 0.701. The Kier molecular flexibility index (Phi) is 1.39. The van der Waals surface area contributed by atoms with E-state index in [0.717, 1.165) is 5.39 Å². The number of fused-ring (bicyclic) bond motifs is 3. The number of H-pyrrole nitrogens is 1. The van der Waals surface area contributed by atoms with Gasteiger partial charge in [0, 0.05) is 5.39 Å². The standard InChI is InChI=1S/C10H5N3O2/c14-9-7-8(12-13-10(7)15)5-3-1-2-4-6(5)11-9/h1-4H,(H,11,14). The number of nitrogens with one attached hydrogen (secondary N) is 1. The van der Waals surface area contributed by atoms with Gasteiger partial charge in [-0.25, -0.2) is 0 Å². The highest BCUT2D eigenvalue weighted by molar-refractivity contribution is 6.08. The fourth-order valence-corrected chi connectivity index (χ4v) is 1.67. The molecule has 0 aliphatic carbocycles. The molecule has 0 saturated heterocycles. The summed E-state index contributed by atoms with van der Waals surface area (Å²) in [4.78, 5) is 25.4. The molecule has 1 aromatic heterocycles. The predicted molar refractivity (Wildman–Crippen MR) is 53.4 cm³/mol. The number of pyridine rings is 1. The largest absolute Gasteiger partial charge is 0.321 e. The third-order valence-corrected chi connectivity index (χ3v) is 2.35. The summed E-state index contributed by atoms with van der Waals surface area (Å²) < 4.78 is 0. The number of hydrogen-bond acceptors (Lipinski definition) is 3. The van der Waals surface area contributed by atoms with E-state index in [1.165, 1.54) is 0 Å². The average Bonchev–Trinajstić information content (AvgIpc) is 2.62. The Morgan fingerprint density at radius 2 is 1.87 bits per heavy atom. The second-order valence-electron chi connectivity index (χ2n) is 3.23. The number of carbonyl (C=O) groups is 1. The first-order chi connectivity index (χ1) is 7.27. The van der Waals surface area contributed by atoms with Crippen LogP contribution in [0.5, 0.6) is 0 Å². The van der Waals surface area contributed by atoms with Crippen LogP contribution in [-0.2, 0) is 0 Å². The highest BCUT2D eigenvalue weighted by atomic mass is 16.2. The summed E-state index contributed by atoms with van der Waals surface area (Å²) in [7, 11) is 0. The Balaban J connectivity index is 2.59. The van der Waals surface area contributed by atoms with Crippen molar-refractivity contribution in [2.45, 2.75) is 0 Å². The van der Waals surface area contributed by atoms with Crippen molar-refractivity contribution in [2.24, 2.45) is 10.2 Å². The van der Waals surface area contributed by atoms with Gasteiger partial charge in [0.05, 0.1) is 5.52 Å². The molecule has 0 atom stereocenters. The number of rotatable bonds is 0. The number of hydrogen-bond donors (Lipinski definition) is 1. The van der Waals surface area contributed by atoms with E-state index in [9.17, 15) is 9.59 Å². The summed E-state index contributed by atoms with van der Waals surface area (Å²) in [6, 6.07) is 7.18. The molecule has 0 saturated carbocycles. The number of benzene rings is 1. The first-order valence-corrected chi connectivity index (χ1v) is 4.38. The molecule has 0 unspecified atom stereocenters. The molecule has 5 heteroatoms. The molecule has 1 N–H and O–H groups in total. The van der Waals surface area contributed by atoms with Crippen LogP contribution in [0.1, 0.15) is 10.4 Å². The van der Waals surface area contributed by atoms with Crippen molar-refractivity contribution in [2.75, 3.05) is 0 Å². The third kappa shape index (κ3) is 0.969. The van der Waals surface area contributed by atoms with E-state index < -0.39 is 11.5 Å². The van der Waals surface area contributed by atoms with Crippen molar-refractivity contribution in [1.82, 2.24) is 4.98 Å². The zero-order valence-electron chi connectivity index (χ0n) is 7.52. The molecule has 2 aromatic rings. The monoisotopic (exact) mass is 199 g/mol. The lowest BCUT2D eigenvalue weighted by Gasteiger charge is -1.99. The van der Waals surface area contributed by atoms with Gasteiger partial charge < -0.3 is 4.98 Å². The van der Waals surface area contributed by atoms with Crippen LogP contribution in [0, 0.1) is 0 Å². The molecular formula is C10H5N3O2. The van der Waals surface area contributed by atoms with Crippen molar-refractivity contribution >= 4 is 22.5 Å². The molecule has 1 aromatic carbocycles. The fraction of sp³-hybridized carbons (Fsp3) is 0. The van der Waals surface area contributed by atoms with Gasteiger partial charge in [-0.3, -0.25) is 9.59 Å². The highest BCUT2D eigenvalue weighted by Crippen LogP contribution is 2.30. The van der Waals surface area contributed by atoms with Crippen LogP contribution in [0.15, 0.2) is 39.3 Å². The van der Waals surface area contributed by atoms with Gasteiger partial charge in [0.25, 0.3) is 5.56 Å². The second kappa shape index (κ2) is 2.60. The maximum atomic E-state index is 11.5. The topological polar surface area (TPSA) is 74.7 Å². The molecule has 2 heterocycles. The normalized spacial score (nSPS) is 13.5. The van der Waals surface area contributed by atoms with E-state index in [4.69, 9.17) is 0 Å². The van der Waals surface area contributed by atoms with Gasteiger partial charge in [0.2, 0.25) is 0 Å². The number of azo groups is 1. The Bertz CT molecular complexity index is 670. The maximum absolute atomic E-state index is 11.5. The summed E-state index contributed by atoms with van der Waals surface area (Å²) in [5, 5.41) is 7.84. The van der Waals surface area contributed by atoms with Crippen LogP contribution >= 0.6 is 0 Å². The van der Waals surface area contributed by atoms with Crippen LogP contribution in [-0.4, -0.2) is 10.9 Å². The molecule has 1 aliphatic rings. The molecule has 72 valence electrons. The highest BCUT2D eigenvalue weighted by Gasteiger charge is 2.23. The SMILES string of the molecule is O=C1N=Nc2c1c(=O)[nH]c1ccccc21. The van der Waals surface area contributed by atoms with Crippen molar-refractivity contribution in [1.29, 1.82) is 0 Å². The van der Waals surface area contributed by atoms with Gasteiger partial charge in [0.15, 0.2) is 0 Å². The molecular weight excluding hydrogens is 194 g/mol. The summed E-state index contributed by atoms with van der Waals surface area (Å²) >= 11 is 0. The molecule has 0 spiro atoms. The van der Waals surface area contributed by atoms with Gasteiger partial charge in [-0.1, -0.05) is 18.2 Å². The summed E-state index contributed by atoms with van der Waals surface area (Å²) in [6.07, 6.45) is 0. The third-order valence-electron chi connectivity index (χ3n) is 2.35. The number of aromatic nitrogens is 1. The Labute approximate surface area is 83.5 Å². The Morgan fingerprint density at radius 1 is 1.07 bits per heavy atom. The minimum atomic E-state index is -0.572. The molecule has 15 heavy (non-hydrogen) atoms. The van der Waals surface area contributed by atoms with Crippen LogP contribution in [0.25, 0.3) is 10.9 Å². The number of para-hydroxylation sites is 1. The first kappa shape index (κ1) is 8.05. The molecule has 1 amide bonds. The summed E-state index contributed by atoms with van der Waals surface area (Å²) in [5.41, 5.74) is 0.640. The number of nitrogens with zero attached hydrogens (tertiary/aromatic N) is 2. The minimum Gasteiger partial charge on any atom is -0.321 e. The van der Waals surface area contributed by atoms with Gasteiger partial charge >= 0.3 is 5.91 Å². The van der Waals surface area contributed by atoms with Crippen LogP contribution in [0.4, 0.5) is 5.69 Å². The lowest BCUT2D eigenvalue weighted by molar-refractivity contribution is 0.100. The van der Waals surface area contributed by atoms with Gasteiger partial charge in [-0.15, -0.1) is 10.2 Å². The predicted octanol–water partition coefficient (Wildman–Crippen LogP) is 1.77. The molecule has 5 nitrogen and oxygen atoms in total. The zero-order valence-corrected chi connectivity index (χ0v) is 7.52. The minimum absolute atomic E-state index is 0.0358. The van der Waals surface area contributed by atoms with Gasteiger partial charge in [-0.05, 0) is 6.07 Å². The molecule has 3 rings (SSSR count). The smallest absolute Gasteiger partial charge is 0.303 e. The average molecular weight is 199 g/mol. The van der Waals surface area contributed by atoms with Gasteiger partial charge in [0.1, 0.15) is 11.3 Å². The Hall–Kier alpha value is -2.30. The van der Waals surface area contributed by atoms with Crippen LogP contribution in [0.3, 0.4) is 0 Å². The lowest BCUT2D eigenvalue weighted by Crippen LogP contribution is -2.14.